The van der Waals surface area contributed by atoms with E-state index in [0.717, 1.165) is 18.4 Å². The molecule has 2 aliphatic rings. The van der Waals surface area contributed by atoms with Crippen LogP contribution in [0.15, 0.2) is 24.3 Å². The van der Waals surface area contributed by atoms with Crippen LogP contribution in [0, 0.1) is 11.7 Å². The molecule has 2 aliphatic carbocycles. The number of carbonyl (C=O) groups excluding carboxylic acids is 1. The molecule has 2 nitrogen and oxygen atoms in total. The van der Waals surface area contributed by atoms with E-state index in [9.17, 15) is 9.18 Å². The van der Waals surface area contributed by atoms with Gasteiger partial charge in [0.25, 0.3) is 0 Å². The van der Waals surface area contributed by atoms with E-state index in [2.05, 4.69) is 5.32 Å². The Morgan fingerprint density at radius 2 is 1.81 bits per heavy atom. The highest BCUT2D eigenvalue weighted by atomic mass is 19.1. The fourth-order valence-corrected chi connectivity index (χ4v) is 3.52. The van der Waals surface area contributed by atoms with E-state index in [4.69, 9.17) is 0 Å². The molecular formula is C18H24FNO. The Kier molecular flexibility index (Phi) is 4.27. The Morgan fingerprint density at radius 3 is 2.43 bits per heavy atom. The molecule has 2 saturated carbocycles. The van der Waals surface area contributed by atoms with Gasteiger partial charge in [-0.3, -0.25) is 4.79 Å². The van der Waals surface area contributed by atoms with E-state index < -0.39 is 0 Å². The summed E-state index contributed by atoms with van der Waals surface area (Å²) in [5.41, 5.74) is 1.22. The molecule has 0 radical (unpaired) electrons. The van der Waals surface area contributed by atoms with Crippen molar-refractivity contribution < 1.29 is 9.18 Å². The lowest BCUT2D eigenvalue weighted by Gasteiger charge is -2.22. The summed E-state index contributed by atoms with van der Waals surface area (Å²) in [6.07, 6.45) is 9.14. The van der Waals surface area contributed by atoms with Crippen LogP contribution < -0.4 is 5.32 Å². The summed E-state index contributed by atoms with van der Waals surface area (Å²) < 4.78 is 13.0. The van der Waals surface area contributed by atoms with Gasteiger partial charge in [0, 0.05) is 18.4 Å². The maximum Gasteiger partial charge on any atom is 0.220 e. The van der Waals surface area contributed by atoms with Crippen molar-refractivity contribution in [3.63, 3.8) is 0 Å². The van der Waals surface area contributed by atoms with Crippen LogP contribution >= 0.6 is 0 Å². The summed E-state index contributed by atoms with van der Waals surface area (Å²) in [4.78, 5) is 12.1. The van der Waals surface area contributed by atoms with Crippen molar-refractivity contribution in [1.29, 1.82) is 0 Å². The lowest BCUT2D eigenvalue weighted by molar-refractivity contribution is -0.122. The molecule has 3 heteroatoms. The number of carbonyl (C=O) groups is 1. The zero-order chi connectivity index (χ0) is 14.7. The highest BCUT2D eigenvalue weighted by molar-refractivity contribution is 5.76. The van der Waals surface area contributed by atoms with Crippen LogP contribution in [0.4, 0.5) is 4.39 Å². The average molecular weight is 289 g/mol. The SMILES string of the molecule is O=C(CC1CCCCC1)NCC1(c2ccc(F)cc2)CC1. The maximum atomic E-state index is 13.0. The maximum absolute atomic E-state index is 13.0. The minimum atomic E-state index is -0.198. The summed E-state index contributed by atoms with van der Waals surface area (Å²) in [6.45, 7) is 0.699. The monoisotopic (exact) mass is 289 g/mol. The molecule has 114 valence electrons. The first kappa shape index (κ1) is 14.6. The van der Waals surface area contributed by atoms with Crippen molar-refractivity contribution in [2.24, 2.45) is 5.92 Å². The van der Waals surface area contributed by atoms with Crippen LogP contribution in [0.2, 0.25) is 0 Å². The topological polar surface area (TPSA) is 29.1 Å². The van der Waals surface area contributed by atoms with Gasteiger partial charge in [-0.1, -0.05) is 31.4 Å². The summed E-state index contributed by atoms with van der Waals surface area (Å²) in [5, 5.41) is 3.11. The summed E-state index contributed by atoms with van der Waals surface area (Å²) in [5.74, 6) is 0.575. The average Bonchev–Trinajstić information content (AvgIpc) is 3.28. The van der Waals surface area contributed by atoms with Gasteiger partial charge in [0.15, 0.2) is 0 Å². The van der Waals surface area contributed by atoms with Crippen molar-refractivity contribution in [2.75, 3.05) is 6.54 Å². The smallest absolute Gasteiger partial charge is 0.220 e. The van der Waals surface area contributed by atoms with Crippen molar-refractivity contribution >= 4 is 5.91 Å². The molecule has 1 aromatic rings. The lowest BCUT2D eigenvalue weighted by atomic mass is 9.87. The second kappa shape index (κ2) is 6.17. The van der Waals surface area contributed by atoms with Crippen LogP contribution in [0.5, 0.6) is 0 Å². The third kappa shape index (κ3) is 3.63. The predicted octanol–water partition coefficient (Wildman–Crippen LogP) is 3.94. The van der Waals surface area contributed by atoms with Crippen LogP contribution in [0.25, 0.3) is 0 Å². The first-order valence-corrected chi connectivity index (χ1v) is 8.21. The van der Waals surface area contributed by atoms with E-state index >= 15 is 0 Å². The van der Waals surface area contributed by atoms with Crippen molar-refractivity contribution in [3.05, 3.63) is 35.6 Å². The number of amides is 1. The molecule has 0 spiro atoms. The number of halogens is 1. The van der Waals surface area contributed by atoms with Crippen LogP contribution in [-0.4, -0.2) is 12.5 Å². The zero-order valence-electron chi connectivity index (χ0n) is 12.5. The van der Waals surface area contributed by atoms with Crippen molar-refractivity contribution in [3.8, 4) is 0 Å². The zero-order valence-corrected chi connectivity index (χ0v) is 12.5. The Hall–Kier alpha value is -1.38. The Morgan fingerprint density at radius 1 is 1.14 bits per heavy atom. The summed E-state index contributed by atoms with van der Waals surface area (Å²) in [7, 11) is 0. The largest absolute Gasteiger partial charge is 0.355 e. The Labute approximate surface area is 126 Å². The van der Waals surface area contributed by atoms with Crippen molar-refractivity contribution in [2.45, 2.75) is 56.8 Å². The molecule has 0 unspecified atom stereocenters. The lowest BCUT2D eigenvalue weighted by Crippen LogP contribution is -2.33. The predicted molar refractivity (Wildman–Crippen MR) is 81.5 cm³/mol. The Balaban J connectivity index is 1.50. The van der Waals surface area contributed by atoms with Gasteiger partial charge in [-0.25, -0.2) is 4.39 Å². The summed E-state index contributed by atoms with van der Waals surface area (Å²) >= 11 is 0. The molecule has 2 fully saturated rings. The van der Waals surface area contributed by atoms with Gasteiger partial charge in [0.2, 0.25) is 5.91 Å². The van der Waals surface area contributed by atoms with Gasteiger partial charge in [-0.05, 0) is 49.3 Å². The fraction of sp³-hybridized carbons (Fsp3) is 0.611. The third-order valence-corrected chi connectivity index (χ3v) is 5.13. The molecule has 1 amide bonds. The molecule has 0 aliphatic heterocycles. The van der Waals surface area contributed by atoms with E-state index in [0.29, 0.717) is 18.9 Å². The second-order valence-corrected chi connectivity index (χ2v) is 6.77. The van der Waals surface area contributed by atoms with Crippen LogP contribution in [-0.2, 0) is 10.2 Å². The van der Waals surface area contributed by atoms with Crippen molar-refractivity contribution in [1.82, 2.24) is 5.32 Å². The number of hydrogen-bond donors (Lipinski definition) is 1. The van der Waals surface area contributed by atoms with E-state index in [-0.39, 0.29) is 17.1 Å². The highest BCUT2D eigenvalue weighted by Gasteiger charge is 2.44. The highest BCUT2D eigenvalue weighted by Crippen LogP contribution is 2.47. The summed E-state index contributed by atoms with van der Waals surface area (Å²) in [6, 6.07) is 6.74. The minimum absolute atomic E-state index is 0.0654. The first-order chi connectivity index (χ1) is 10.2. The molecule has 0 saturated heterocycles. The van der Waals surface area contributed by atoms with Gasteiger partial charge < -0.3 is 5.32 Å². The molecule has 0 bridgehead atoms. The number of benzene rings is 1. The molecule has 0 aromatic heterocycles. The molecule has 1 N–H and O–H groups in total. The molecule has 0 heterocycles. The van der Waals surface area contributed by atoms with Gasteiger partial charge in [0.1, 0.15) is 5.82 Å². The second-order valence-electron chi connectivity index (χ2n) is 6.77. The normalized spacial score (nSPS) is 21.0. The number of nitrogens with one attached hydrogen (secondary N) is 1. The quantitative estimate of drug-likeness (QED) is 0.874. The number of hydrogen-bond acceptors (Lipinski definition) is 1. The van der Waals surface area contributed by atoms with Crippen LogP contribution in [0.3, 0.4) is 0 Å². The Bertz CT molecular complexity index is 486. The van der Waals surface area contributed by atoms with E-state index in [1.54, 1.807) is 0 Å². The molecular weight excluding hydrogens is 265 g/mol. The van der Waals surface area contributed by atoms with Gasteiger partial charge in [0.05, 0.1) is 0 Å². The molecule has 21 heavy (non-hydrogen) atoms. The fourth-order valence-electron chi connectivity index (χ4n) is 3.52. The van der Waals surface area contributed by atoms with E-state index in [1.165, 1.54) is 44.2 Å². The van der Waals surface area contributed by atoms with Crippen LogP contribution in [0.1, 0.15) is 56.9 Å². The van der Waals surface area contributed by atoms with Gasteiger partial charge in [-0.15, -0.1) is 0 Å². The minimum Gasteiger partial charge on any atom is -0.355 e. The number of rotatable bonds is 5. The third-order valence-electron chi connectivity index (χ3n) is 5.13. The van der Waals surface area contributed by atoms with Gasteiger partial charge in [-0.2, -0.15) is 0 Å². The first-order valence-electron chi connectivity index (χ1n) is 8.21. The van der Waals surface area contributed by atoms with E-state index in [1.807, 2.05) is 12.1 Å². The van der Waals surface area contributed by atoms with Gasteiger partial charge >= 0.3 is 0 Å². The molecule has 1 aromatic carbocycles. The molecule has 0 atom stereocenters. The molecule has 3 rings (SSSR count). The standard InChI is InChI=1S/C18H24FNO/c19-16-8-6-15(7-9-16)18(10-11-18)13-20-17(21)12-14-4-2-1-3-5-14/h6-9,14H,1-5,10-13H2,(H,20,21).